The molecule has 0 aliphatic carbocycles. The van der Waals surface area contributed by atoms with Crippen LogP contribution in [0, 0.1) is 6.92 Å². The number of hydrogen-bond acceptors (Lipinski definition) is 2. The largest absolute Gasteiger partial charge is 0.497 e. The fourth-order valence-corrected chi connectivity index (χ4v) is 2.49. The van der Waals surface area contributed by atoms with E-state index < -0.39 is 0 Å². The highest BCUT2D eigenvalue weighted by Crippen LogP contribution is 2.18. The predicted octanol–water partition coefficient (Wildman–Crippen LogP) is 4.67. The summed E-state index contributed by atoms with van der Waals surface area (Å²) in [6, 6.07) is 13.7. The molecule has 0 heterocycles. The van der Waals surface area contributed by atoms with E-state index in [2.05, 4.69) is 29.7 Å². The summed E-state index contributed by atoms with van der Waals surface area (Å²) in [5.74, 6) is 0.807. The van der Waals surface area contributed by atoms with Gasteiger partial charge in [0.15, 0.2) is 0 Å². The van der Waals surface area contributed by atoms with E-state index in [0.29, 0.717) is 6.54 Å². The molecular formula is C20H26N2O2. The molecule has 4 heteroatoms. The Kier molecular flexibility index (Phi) is 6.67. The second-order valence-corrected chi connectivity index (χ2v) is 5.91. The Hall–Kier alpha value is -2.49. The molecule has 0 fully saturated rings. The molecule has 2 aromatic carbocycles. The number of amides is 2. The van der Waals surface area contributed by atoms with Gasteiger partial charge in [0.2, 0.25) is 0 Å². The molecule has 24 heavy (non-hydrogen) atoms. The van der Waals surface area contributed by atoms with Crippen molar-refractivity contribution in [2.75, 3.05) is 12.4 Å². The number of benzene rings is 2. The Morgan fingerprint density at radius 3 is 2.42 bits per heavy atom. The van der Waals surface area contributed by atoms with E-state index in [4.69, 9.17) is 4.74 Å². The third-order valence-corrected chi connectivity index (χ3v) is 3.97. The Morgan fingerprint density at radius 2 is 1.79 bits per heavy atom. The van der Waals surface area contributed by atoms with Gasteiger partial charge in [-0.25, -0.2) is 4.79 Å². The van der Waals surface area contributed by atoms with E-state index in [1.165, 1.54) is 18.4 Å². The van der Waals surface area contributed by atoms with Gasteiger partial charge in [-0.3, -0.25) is 0 Å². The van der Waals surface area contributed by atoms with Gasteiger partial charge in [-0.15, -0.1) is 0 Å². The monoisotopic (exact) mass is 326 g/mol. The van der Waals surface area contributed by atoms with Gasteiger partial charge in [-0.2, -0.15) is 0 Å². The Bertz CT molecular complexity index is 666. The van der Waals surface area contributed by atoms with E-state index in [1.807, 2.05) is 37.3 Å². The van der Waals surface area contributed by atoms with Gasteiger partial charge in [-0.1, -0.05) is 37.6 Å². The molecule has 2 N–H and O–H groups in total. The number of nitrogens with one attached hydrogen (secondary N) is 2. The lowest BCUT2D eigenvalue weighted by Gasteiger charge is -2.11. The summed E-state index contributed by atoms with van der Waals surface area (Å²) in [6.45, 7) is 4.69. The lowest BCUT2D eigenvalue weighted by atomic mass is 10.0. The molecule has 0 spiro atoms. The Balaban J connectivity index is 1.87. The van der Waals surface area contributed by atoms with Crippen molar-refractivity contribution in [3.63, 3.8) is 0 Å². The number of rotatable bonds is 7. The first-order chi connectivity index (χ1) is 11.6. The number of carbonyl (C=O) groups is 1. The van der Waals surface area contributed by atoms with Crippen LogP contribution in [-0.2, 0) is 13.0 Å². The summed E-state index contributed by atoms with van der Waals surface area (Å²) in [5, 5.41) is 5.78. The average Bonchev–Trinajstić information content (AvgIpc) is 2.60. The highest BCUT2D eigenvalue weighted by Gasteiger charge is 2.05. The lowest BCUT2D eigenvalue weighted by molar-refractivity contribution is 0.251. The maximum Gasteiger partial charge on any atom is 0.319 e. The van der Waals surface area contributed by atoms with Crippen molar-refractivity contribution < 1.29 is 9.53 Å². The van der Waals surface area contributed by atoms with Gasteiger partial charge in [0.25, 0.3) is 0 Å². The molecule has 0 aliphatic rings. The van der Waals surface area contributed by atoms with E-state index in [1.54, 1.807) is 7.11 Å². The molecule has 0 saturated carbocycles. The number of methoxy groups -OCH3 is 1. The second-order valence-electron chi connectivity index (χ2n) is 5.91. The molecule has 0 radical (unpaired) electrons. The average molecular weight is 326 g/mol. The zero-order chi connectivity index (χ0) is 17.4. The van der Waals surface area contributed by atoms with Crippen LogP contribution in [0.3, 0.4) is 0 Å². The van der Waals surface area contributed by atoms with E-state index >= 15 is 0 Å². The third kappa shape index (κ3) is 5.30. The number of urea groups is 1. The van der Waals surface area contributed by atoms with Crippen molar-refractivity contribution in [1.82, 2.24) is 5.32 Å². The van der Waals surface area contributed by atoms with Gasteiger partial charge >= 0.3 is 6.03 Å². The summed E-state index contributed by atoms with van der Waals surface area (Å²) >= 11 is 0. The Morgan fingerprint density at radius 1 is 1.08 bits per heavy atom. The van der Waals surface area contributed by atoms with Crippen LogP contribution in [0.25, 0.3) is 0 Å². The fourth-order valence-electron chi connectivity index (χ4n) is 2.49. The summed E-state index contributed by atoms with van der Waals surface area (Å²) in [4.78, 5) is 12.1. The maximum absolute atomic E-state index is 12.1. The highest BCUT2D eigenvalue weighted by atomic mass is 16.5. The third-order valence-electron chi connectivity index (χ3n) is 3.97. The van der Waals surface area contributed by atoms with Crippen LogP contribution in [0.5, 0.6) is 5.75 Å². The first kappa shape index (κ1) is 17.9. The zero-order valence-corrected chi connectivity index (χ0v) is 14.7. The molecule has 2 rings (SSSR count). The predicted molar refractivity (Wildman–Crippen MR) is 98.6 cm³/mol. The molecule has 0 aliphatic heterocycles. The van der Waals surface area contributed by atoms with Gasteiger partial charge in [0.05, 0.1) is 7.11 Å². The molecule has 2 aromatic rings. The molecule has 0 unspecified atom stereocenters. The van der Waals surface area contributed by atoms with Gasteiger partial charge in [0.1, 0.15) is 5.75 Å². The minimum atomic E-state index is -0.199. The quantitative estimate of drug-likeness (QED) is 0.777. The second kappa shape index (κ2) is 8.96. The number of anilines is 1. The molecule has 0 bridgehead atoms. The van der Waals surface area contributed by atoms with Crippen molar-refractivity contribution in [2.24, 2.45) is 0 Å². The number of carbonyl (C=O) groups excluding carboxylic acids is 1. The van der Waals surface area contributed by atoms with Crippen LogP contribution in [-0.4, -0.2) is 13.1 Å². The molecule has 2 amide bonds. The number of ether oxygens (including phenoxy) is 1. The van der Waals surface area contributed by atoms with Gasteiger partial charge in [0, 0.05) is 12.2 Å². The minimum absolute atomic E-state index is 0.199. The lowest BCUT2D eigenvalue weighted by Crippen LogP contribution is -2.28. The van der Waals surface area contributed by atoms with E-state index in [9.17, 15) is 4.79 Å². The van der Waals surface area contributed by atoms with Crippen molar-refractivity contribution >= 4 is 11.7 Å². The number of hydrogen-bond donors (Lipinski definition) is 2. The van der Waals surface area contributed by atoms with E-state index in [-0.39, 0.29) is 6.03 Å². The zero-order valence-electron chi connectivity index (χ0n) is 14.7. The van der Waals surface area contributed by atoms with Crippen molar-refractivity contribution in [3.05, 3.63) is 59.2 Å². The van der Waals surface area contributed by atoms with Crippen LogP contribution < -0.4 is 15.4 Å². The maximum atomic E-state index is 12.1. The molecule has 0 aromatic heterocycles. The Labute approximate surface area is 144 Å². The fraction of sp³-hybridized carbons (Fsp3) is 0.350. The van der Waals surface area contributed by atoms with Crippen LogP contribution in [0.4, 0.5) is 10.5 Å². The standard InChI is InChI=1S/C20H26N2O2/c1-4-5-6-16-9-12-19(15(2)13-16)22-20(23)21-14-17-7-10-18(24-3)11-8-17/h7-13H,4-6,14H2,1-3H3,(H2,21,22,23). The molecule has 128 valence electrons. The number of unbranched alkanes of at least 4 members (excludes halogenated alkanes) is 1. The van der Waals surface area contributed by atoms with Crippen molar-refractivity contribution in [1.29, 1.82) is 0 Å². The SMILES string of the molecule is CCCCc1ccc(NC(=O)NCc2ccc(OC)cc2)c(C)c1. The van der Waals surface area contributed by atoms with Crippen molar-refractivity contribution in [3.8, 4) is 5.75 Å². The molecule has 0 saturated heterocycles. The van der Waals surface area contributed by atoms with Crippen LogP contribution >= 0.6 is 0 Å². The summed E-state index contributed by atoms with van der Waals surface area (Å²) in [7, 11) is 1.64. The van der Waals surface area contributed by atoms with Crippen molar-refractivity contribution in [2.45, 2.75) is 39.7 Å². The summed E-state index contributed by atoms with van der Waals surface area (Å²) in [5.41, 5.74) is 4.28. The van der Waals surface area contributed by atoms with Crippen LogP contribution in [0.2, 0.25) is 0 Å². The molecular weight excluding hydrogens is 300 g/mol. The van der Waals surface area contributed by atoms with Gasteiger partial charge < -0.3 is 15.4 Å². The highest BCUT2D eigenvalue weighted by molar-refractivity contribution is 5.90. The molecule has 0 atom stereocenters. The normalized spacial score (nSPS) is 10.3. The number of aryl methyl sites for hydroxylation is 2. The molecule has 4 nitrogen and oxygen atoms in total. The van der Waals surface area contributed by atoms with E-state index in [0.717, 1.165) is 29.0 Å². The smallest absolute Gasteiger partial charge is 0.319 e. The summed E-state index contributed by atoms with van der Waals surface area (Å²) < 4.78 is 5.12. The minimum Gasteiger partial charge on any atom is -0.497 e. The van der Waals surface area contributed by atoms with Crippen LogP contribution in [0.15, 0.2) is 42.5 Å². The first-order valence-corrected chi connectivity index (χ1v) is 8.39. The summed E-state index contributed by atoms with van der Waals surface area (Å²) in [6.07, 6.45) is 3.46. The van der Waals surface area contributed by atoms with Gasteiger partial charge in [-0.05, 0) is 54.7 Å². The van der Waals surface area contributed by atoms with Crippen LogP contribution in [0.1, 0.15) is 36.5 Å². The topological polar surface area (TPSA) is 50.4 Å². The first-order valence-electron chi connectivity index (χ1n) is 8.39.